The molecule has 0 N–H and O–H groups in total. The van der Waals surface area contributed by atoms with Crippen molar-refractivity contribution >= 4 is 34.7 Å². The second kappa shape index (κ2) is 9.76. The largest absolute Gasteiger partial charge is 0.493 e. The molecule has 4 rings (SSSR count). The highest BCUT2D eigenvalue weighted by Gasteiger charge is 2.33. The molecule has 1 aromatic carbocycles. The van der Waals surface area contributed by atoms with Crippen LogP contribution in [0.4, 0.5) is 0 Å². The predicted molar refractivity (Wildman–Crippen MR) is 129 cm³/mol. The van der Waals surface area contributed by atoms with Crippen molar-refractivity contribution in [2.24, 2.45) is 4.99 Å². The summed E-state index contributed by atoms with van der Waals surface area (Å²) in [6.07, 6.45) is 1.85. The molecule has 1 aliphatic heterocycles. The van der Waals surface area contributed by atoms with Crippen LogP contribution in [0.15, 0.2) is 56.1 Å². The van der Waals surface area contributed by atoms with Gasteiger partial charge in [-0.1, -0.05) is 17.4 Å². The summed E-state index contributed by atoms with van der Waals surface area (Å²) in [5.74, 6) is 0.615. The number of nitrogens with zero attached hydrogens (tertiary/aromatic N) is 2. The minimum atomic E-state index is -0.699. The van der Waals surface area contributed by atoms with E-state index < -0.39 is 12.0 Å². The van der Waals surface area contributed by atoms with Crippen LogP contribution < -0.4 is 24.4 Å². The molecule has 0 unspecified atom stereocenters. The molecule has 0 spiro atoms. The number of hydrogen-bond donors (Lipinski definition) is 0. The third kappa shape index (κ3) is 4.38. The summed E-state index contributed by atoms with van der Waals surface area (Å²) >= 11 is 2.86. The van der Waals surface area contributed by atoms with Gasteiger partial charge in [-0.15, -0.1) is 0 Å². The molecule has 1 aliphatic rings. The highest BCUT2D eigenvalue weighted by Crippen LogP contribution is 2.36. The number of benzene rings is 1. The molecular weight excluding hydrogens is 460 g/mol. The lowest BCUT2D eigenvalue weighted by Gasteiger charge is -2.25. The van der Waals surface area contributed by atoms with Crippen molar-refractivity contribution in [3.05, 3.63) is 77.1 Å². The Labute approximate surface area is 198 Å². The summed E-state index contributed by atoms with van der Waals surface area (Å²) in [5.41, 5.74) is 2.30. The highest BCUT2D eigenvalue weighted by atomic mass is 32.1. The van der Waals surface area contributed by atoms with Gasteiger partial charge in [-0.3, -0.25) is 9.36 Å². The van der Waals surface area contributed by atoms with Gasteiger partial charge in [0.05, 0.1) is 42.2 Å². The number of hydrogen-bond acceptors (Lipinski definition) is 8. The fraction of sp³-hybridized carbons (Fsp3) is 0.292. The van der Waals surface area contributed by atoms with Crippen LogP contribution in [0, 0.1) is 0 Å². The van der Waals surface area contributed by atoms with Crippen LogP contribution in [0.3, 0.4) is 0 Å². The number of esters is 1. The third-order valence-corrected chi connectivity index (χ3v) is 6.85. The van der Waals surface area contributed by atoms with E-state index in [9.17, 15) is 9.59 Å². The van der Waals surface area contributed by atoms with Crippen molar-refractivity contribution in [3.8, 4) is 11.5 Å². The van der Waals surface area contributed by atoms with Crippen LogP contribution in [-0.4, -0.2) is 30.9 Å². The Morgan fingerprint density at radius 1 is 1.21 bits per heavy atom. The van der Waals surface area contributed by atoms with Gasteiger partial charge in [0.15, 0.2) is 16.3 Å². The van der Waals surface area contributed by atoms with E-state index in [2.05, 4.69) is 4.99 Å². The molecule has 0 radical (unpaired) electrons. The fourth-order valence-corrected chi connectivity index (χ4v) is 5.41. The van der Waals surface area contributed by atoms with Crippen molar-refractivity contribution in [2.75, 3.05) is 20.3 Å². The van der Waals surface area contributed by atoms with Gasteiger partial charge in [-0.05, 0) is 66.9 Å². The molecule has 0 bridgehead atoms. The highest BCUT2D eigenvalue weighted by molar-refractivity contribution is 7.08. The average molecular weight is 485 g/mol. The van der Waals surface area contributed by atoms with Crippen LogP contribution >= 0.6 is 22.7 Å². The van der Waals surface area contributed by atoms with Crippen molar-refractivity contribution in [1.82, 2.24) is 4.57 Å². The molecule has 3 aromatic rings. The molecule has 1 atom stereocenters. The lowest BCUT2D eigenvalue weighted by atomic mass is 9.95. The maximum Gasteiger partial charge on any atom is 0.338 e. The van der Waals surface area contributed by atoms with Crippen LogP contribution in [0.2, 0.25) is 0 Å². The summed E-state index contributed by atoms with van der Waals surface area (Å²) in [6.45, 7) is 6.07. The number of ether oxygens (including phenoxy) is 3. The molecule has 0 aliphatic carbocycles. The van der Waals surface area contributed by atoms with E-state index >= 15 is 0 Å². The van der Waals surface area contributed by atoms with E-state index in [0.717, 1.165) is 5.56 Å². The second-order valence-electron chi connectivity index (χ2n) is 7.20. The van der Waals surface area contributed by atoms with Gasteiger partial charge in [0, 0.05) is 0 Å². The van der Waals surface area contributed by atoms with Crippen molar-refractivity contribution in [1.29, 1.82) is 0 Å². The van der Waals surface area contributed by atoms with Crippen LogP contribution in [0.25, 0.3) is 6.08 Å². The lowest BCUT2D eigenvalue weighted by Crippen LogP contribution is -2.39. The summed E-state index contributed by atoms with van der Waals surface area (Å²) in [6, 6.07) is 6.67. The lowest BCUT2D eigenvalue weighted by molar-refractivity contribution is -0.139. The van der Waals surface area contributed by atoms with E-state index in [4.69, 9.17) is 14.2 Å². The summed E-state index contributed by atoms with van der Waals surface area (Å²) < 4.78 is 18.6. The molecule has 0 saturated carbocycles. The molecule has 7 nitrogen and oxygen atoms in total. The van der Waals surface area contributed by atoms with Crippen LogP contribution in [0.5, 0.6) is 11.5 Å². The summed E-state index contributed by atoms with van der Waals surface area (Å²) in [7, 11) is 1.57. The topological polar surface area (TPSA) is 79.1 Å². The summed E-state index contributed by atoms with van der Waals surface area (Å²) in [5, 5.41) is 3.93. The number of methoxy groups -OCH3 is 1. The Hall–Kier alpha value is -3.17. The molecule has 172 valence electrons. The van der Waals surface area contributed by atoms with Gasteiger partial charge in [0.1, 0.15) is 0 Å². The number of thiazole rings is 1. The van der Waals surface area contributed by atoms with E-state index in [0.29, 0.717) is 44.3 Å². The minimum Gasteiger partial charge on any atom is -0.493 e. The van der Waals surface area contributed by atoms with Gasteiger partial charge >= 0.3 is 5.97 Å². The SMILES string of the molecule is CCOC(=O)C1=C(C)N=c2s/c(=C/c3ccsc3)c(=O)n2[C@@H]1c1ccc(OC)c(OCC)c1. The number of carbonyl (C=O) groups excluding carboxylic acids is 1. The molecule has 33 heavy (non-hydrogen) atoms. The number of carbonyl (C=O) groups is 1. The van der Waals surface area contributed by atoms with Crippen molar-refractivity contribution in [2.45, 2.75) is 26.8 Å². The first-order valence-electron chi connectivity index (χ1n) is 10.5. The van der Waals surface area contributed by atoms with Crippen LogP contribution in [-0.2, 0) is 9.53 Å². The molecule has 0 amide bonds. The fourth-order valence-electron chi connectivity index (χ4n) is 3.75. The average Bonchev–Trinajstić information content (AvgIpc) is 3.41. The molecule has 2 aromatic heterocycles. The minimum absolute atomic E-state index is 0.210. The number of fused-ring (bicyclic) bond motifs is 1. The summed E-state index contributed by atoms with van der Waals surface area (Å²) in [4.78, 5) is 31.7. The normalized spacial score (nSPS) is 15.8. The monoisotopic (exact) mass is 484 g/mol. The second-order valence-corrected chi connectivity index (χ2v) is 8.99. The van der Waals surface area contributed by atoms with Crippen molar-refractivity contribution in [3.63, 3.8) is 0 Å². The van der Waals surface area contributed by atoms with Gasteiger partial charge in [0.25, 0.3) is 5.56 Å². The maximum atomic E-state index is 13.5. The Balaban J connectivity index is 1.97. The Morgan fingerprint density at radius 3 is 2.70 bits per heavy atom. The number of allylic oxidation sites excluding steroid dienone is 1. The smallest absolute Gasteiger partial charge is 0.338 e. The van der Waals surface area contributed by atoms with Gasteiger partial charge in [-0.2, -0.15) is 11.3 Å². The van der Waals surface area contributed by atoms with Crippen molar-refractivity contribution < 1.29 is 19.0 Å². The maximum absolute atomic E-state index is 13.5. The zero-order valence-corrected chi connectivity index (χ0v) is 20.4. The first-order valence-corrected chi connectivity index (χ1v) is 12.3. The van der Waals surface area contributed by atoms with E-state index in [-0.39, 0.29) is 12.2 Å². The predicted octanol–water partition coefficient (Wildman–Crippen LogP) is 3.27. The van der Waals surface area contributed by atoms with Gasteiger partial charge in [-0.25, -0.2) is 9.79 Å². The molecule has 9 heteroatoms. The zero-order valence-electron chi connectivity index (χ0n) is 18.8. The standard InChI is InChI=1S/C24H24N2O5S2/c1-5-30-18-12-16(7-8-17(18)29-4)21-20(23(28)31-6-2)14(3)25-24-26(21)22(27)19(33-24)11-15-9-10-32-13-15/h7-13,21H,5-6H2,1-4H3/b19-11+/t21-/m1/s1. The van der Waals surface area contributed by atoms with E-state index in [1.54, 1.807) is 49.0 Å². The van der Waals surface area contributed by atoms with Crippen LogP contribution in [0.1, 0.15) is 37.9 Å². The van der Waals surface area contributed by atoms with E-state index in [1.165, 1.54) is 11.3 Å². The van der Waals surface area contributed by atoms with Gasteiger partial charge < -0.3 is 14.2 Å². The molecule has 0 fully saturated rings. The molecule has 3 heterocycles. The Bertz CT molecular complexity index is 1380. The Kier molecular flexibility index (Phi) is 6.80. The molecule has 0 saturated heterocycles. The Morgan fingerprint density at radius 2 is 2.03 bits per heavy atom. The number of aromatic nitrogens is 1. The zero-order chi connectivity index (χ0) is 23.5. The first kappa shape index (κ1) is 23.0. The quantitative estimate of drug-likeness (QED) is 0.481. The first-order chi connectivity index (χ1) is 16.0. The number of rotatable bonds is 7. The number of thiophene rings is 1. The van der Waals surface area contributed by atoms with Gasteiger partial charge in [0.2, 0.25) is 0 Å². The third-order valence-electron chi connectivity index (χ3n) is 5.16. The van der Waals surface area contributed by atoms with E-state index in [1.807, 2.05) is 35.9 Å². The molecular formula is C24H24N2O5S2.